The maximum Gasteiger partial charge on any atom is 0.283 e. The summed E-state index contributed by atoms with van der Waals surface area (Å²) in [7, 11) is 1.76. The minimum atomic E-state index is -0.418. The first-order valence-electron chi connectivity index (χ1n) is 5.20. The zero-order chi connectivity index (χ0) is 14.0. The molecule has 19 heavy (non-hydrogen) atoms. The number of nitrogen functional groups attached to an aromatic ring is 1. The van der Waals surface area contributed by atoms with Gasteiger partial charge in [0.2, 0.25) is 5.95 Å². The summed E-state index contributed by atoms with van der Waals surface area (Å²) in [6, 6.07) is 4.94. The molecule has 0 radical (unpaired) electrons. The van der Waals surface area contributed by atoms with Crippen LogP contribution in [0, 0.1) is 10.1 Å². The molecular formula is C10H10BrN5O2S. The molecule has 0 spiro atoms. The molecule has 0 bridgehead atoms. The minimum Gasteiger partial charge on any atom is -0.368 e. The molecule has 0 amide bonds. The molecule has 1 aromatic carbocycles. The van der Waals surface area contributed by atoms with Crippen molar-refractivity contribution in [1.29, 1.82) is 0 Å². The number of thioether (sulfide) groups is 1. The molecular weight excluding hydrogens is 334 g/mol. The van der Waals surface area contributed by atoms with Crippen LogP contribution in [0.15, 0.2) is 27.8 Å². The smallest absolute Gasteiger partial charge is 0.283 e. The molecule has 1 aromatic heterocycles. The molecule has 100 valence electrons. The van der Waals surface area contributed by atoms with Crippen molar-refractivity contribution in [2.45, 2.75) is 10.9 Å². The van der Waals surface area contributed by atoms with Crippen LogP contribution in [0.4, 0.5) is 11.6 Å². The van der Waals surface area contributed by atoms with Gasteiger partial charge in [-0.25, -0.2) is 0 Å². The van der Waals surface area contributed by atoms with Gasteiger partial charge in [-0.05, 0) is 21.5 Å². The molecule has 0 aliphatic heterocycles. The third-order valence-electron chi connectivity index (χ3n) is 2.48. The second-order valence-corrected chi connectivity index (χ2v) is 5.43. The number of nitrogens with two attached hydrogens (primary N) is 1. The average Bonchev–Trinajstić information content (AvgIpc) is 2.68. The van der Waals surface area contributed by atoms with Crippen LogP contribution in [0.2, 0.25) is 0 Å². The van der Waals surface area contributed by atoms with Crippen molar-refractivity contribution < 1.29 is 4.92 Å². The quantitative estimate of drug-likeness (QED) is 0.519. The summed E-state index contributed by atoms with van der Waals surface area (Å²) in [5, 5.41) is 19.2. The van der Waals surface area contributed by atoms with Crippen LogP contribution in [-0.2, 0) is 12.8 Å². The van der Waals surface area contributed by atoms with Crippen LogP contribution in [0.1, 0.15) is 5.56 Å². The SMILES string of the molecule is Cn1c(N)nnc1SCc1cccc([N+](=O)[O-])c1Br. The van der Waals surface area contributed by atoms with Gasteiger partial charge in [0.05, 0.1) is 9.40 Å². The molecule has 7 nitrogen and oxygen atoms in total. The van der Waals surface area contributed by atoms with Gasteiger partial charge >= 0.3 is 0 Å². The van der Waals surface area contributed by atoms with Gasteiger partial charge in [-0.3, -0.25) is 14.7 Å². The Morgan fingerprint density at radius 3 is 2.84 bits per heavy atom. The molecule has 9 heteroatoms. The fraction of sp³-hybridized carbons (Fsp3) is 0.200. The standard InChI is InChI=1S/C10H10BrN5O2S/c1-15-9(12)13-14-10(15)19-5-6-3-2-4-7(8(6)11)16(17)18/h2-4H,5H2,1H3,(H2,12,13). The number of rotatable bonds is 4. The van der Waals surface area contributed by atoms with Crippen LogP contribution in [0.5, 0.6) is 0 Å². The van der Waals surface area contributed by atoms with Crippen LogP contribution >= 0.6 is 27.7 Å². The largest absolute Gasteiger partial charge is 0.368 e. The van der Waals surface area contributed by atoms with E-state index < -0.39 is 4.92 Å². The first-order valence-corrected chi connectivity index (χ1v) is 6.98. The molecule has 0 aliphatic rings. The van der Waals surface area contributed by atoms with Gasteiger partial charge in [-0.1, -0.05) is 23.9 Å². The molecule has 1 heterocycles. The molecule has 0 aliphatic carbocycles. The van der Waals surface area contributed by atoms with E-state index >= 15 is 0 Å². The predicted octanol–water partition coefficient (Wildman–Crippen LogP) is 2.36. The maximum atomic E-state index is 10.8. The van der Waals surface area contributed by atoms with Crippen molar-refractivity contribution in [2.75, 3.05) is 5.73 Å². The number of aromatic nitrogens is 3. The summed E-state index contributed by atoms with van der Waals surface area (Å²) in [5.41, 5.74) is 6.45. The Morgan fingerprint density at radius 2 is 2.26 bits per heavy atom. The summed E-state index contributed by atoms with van der Waals surface area (Å²) in [6.45, 7) is 0. The van der Waals surface area contributed by atoms with Gasteiger partial charge in [0.25, 0.3) is 5.69 Å². The zero-order valence-corrected chi connectivity index (χ0v) is 12.3. The number of anilines is 1. The lowest BCUT2D eigenvalue weighted by atomic mass is 10.2. The Morgan fingerprint density at radius 1 is 1.53 bits per heavy atom. The number of nitro benzene ring substituents is 1. The molecule has 0 atom stereocenters. The number of benzene rings is 1. The minimum absolute atomic E-state index is 0.0515. The maximum absolute atomic E-state index is 10.8. The van der Waals surface area contributed by atoms with Gasteiger partial charge in [-0.15, -0.1) is 10.2 Å². The van der Waals surface area contributed by atoms with Crippen molar-refractivity contribution in [3.05, 3.63) is 38.3 Å². The number of hydrogen-bond donors (Lipinski definition) is 1. The van der Waals surface area contributed by atoms with E-state index in [1.807, 2.05) is 6.07 Å². The zero-order valence-electron chi connectivity index (χ0n) is 9.91. The number of hydrogen-bond acceptors (Lipinski definition) is 6. The highest BCUT2D eigenvalue weighted by Gasteiger charge is 2.15. The third-order valence-corrected chi connectivity index (χ3v) is 4.46. The summed E-state index contributed by atoms with van der Waals surface area (Å²) in [5.74, 6) is 0.870. The Balaban J connectivity index is 2.18. The molecule has 0 fully saturated rings. The Labute approximate surface area is 121 Å². The van der Waals surface area contributed by atoms with Crippen LogP contribution in [0.25, 0.3) is 0 Å². The lowest BCUT2D eigenvalue weighted by Gasteiger charge is -2.04. The van der Waals surface area contributed by atoms with Crippen molar-refractivity contribution in [3.8, 4) is 0 Å². The highest BCUT2D eigenvalue weighted by Crippen LogP contribution is 2.32. The van der Waals surface area contributed by atoms with Crippen molar-refractivity contribution in [1.82, 2.24) is 14.8 Å². The van der Waals surface area contributed by atoms with E-state index in [9.17, 15) is 10.1 Å². The van der Waals surface area contributed by atoms with E-state index in [1.165, 1.54) is 17.8 Å². The Hall–Kier alpha value is -1.61. The van der Waals surface area contributed by atoms with E-state index in [1.54, 1.807) is 17.7 Å². The second kappa shape index (κ2) is 5.57. The van der Waals surface area contributed by atoms with Crippen molar-refractivity contribution in [2.24, 2.45) is 7.05 Å². The van der Waals surface area contributed by atoms with Gasteiger partial charge in [-0.2, -0.15) is 0 Å². The lowest BCUT2D eigenvalue weighted by molar-refractivity contribution is -0.385. The molecule has 2 aromatic rings. The fourth-order valence-corrected chi connectivity index (χ4v) is 3.06. The highest BCUT2D eigenvalue weighted by atomic mass is 79.9. The summed E-state index contributed by atoms with van der Waals surface area (Å²) in [4.78, 5) is 10.4. The average molecular weight is 344 g/mol. The molecule has 2 N–H and O–H groups in total. The molecule has 0 saturated heterocycles. The van der Waals surface area contributed by atoms with E-state index in [4.69, 9.17) is 5.73 Å². The number of halogens is 1. The Kier molecular flexibility index (Phi) is 4.05. The normalized spacial score (nSPS) is 10.6. The van der Waals surface area contributed by atoms with Crippen molar-refractivity contribution >= 4 is 39.3 Å². The number of nitro groups is 1. The molecule has 0 unspecified atom stereocenters. The van der Waals surface area contributed by atoms with E-state index in [2.05, 4.69) is 26.1 Å². The van der Waals surface area contributed by atoms with Crippen LogP contribution in [-0.4, -0.2) is 19.7 Å². The van der Waals surface area contributed by atoms with Gasteiger partial charge in [0.15, 0.2) is 5.16 Å². The first-order chi connectivity index (χ1) is 9.00. The summed E-state index contributed by atoms with van der Waals surface area (Å²) >= 11 is 4.67. The number of nitrogens with zero attached hydrogens (tertiary/aromatic N) is 4. The highest BCUT2D eigenvalue weighted by molar-refractivity contribution is 9.10. The lowest BCUT2D eigenvalue weighted by Crippen LogP contribution is -1.98. The van der Waals surface area contributed by atoms with E-state index in [0.717, 1.165) is 5.56 Å². The fourth-order valence-electron chi connectivity index (χ4n) is 1.41. The van der Waals surface area contributed by atoms with Crippen LogP contribution < -0.4 is 5.73 Å². The Bertz CT molecular complexity index is 630. The first kappa shape index (κ1) is 13.8. The van der Waals surface area contributed by atoms with Gasteiger partial charge < -0.3 is 5.73 Å². The van der Waals surface area contributed by atoms with Crippen molar-refractivity contribution in [3.63, 3.8) is 0 Å². The van der Waals surface area contributed by atoms with Crippen LogP contribution in [0.3, 0.4) is 0 Å². The summed E-state index contributed by atoms with van der Waals surface area (Å²) < 4.78 is 2.15. The topological polar surface area (TPSA) is 99.9 Å². The van der Waals surface area contributed by atoms with Gasteiger partial charge in [0.1, 0.15) is 0 Å². The predicted molar refractivity (Wildman–Crippen MR) is 75.8 cm³/mol. The van der Waals surface area contributed by atoms with E-state index in [0.29, 0.717) is 21.3 Å². The summed E-state index contributed by atoms with van der Waals surface area (Å²) in [6.07, 6.45) is 0. The van der Waals surface area contributed by atoms with Gasteiger partial charge in [0, 0.05) is 18.9 Å². The third kappa shape index (κ3) is 2.87. The monoisotopic (exact) mass is 343 g/mol. The molecule has 0 saturated carbocycles. The van der Waals surface area contributed by atoms with E-state index in [-0.39, 0.29) is 5.69 Å². The molecule has 2 rings (SSSR count). The second-order valence-electron chi connectivity index (χ2n) is 3.70.